The molecule has 7 nitrogen and oxygen atoms in total. The summed E-state index contributed by atoms with van der Waals surface area (Å²) < 4.78 is 15.9. The van der Waals surface area contributed by atoms with Crippen molar-refractivity contribution in [2.75, 3.05) is 32.5 Å². The average molecular weight is 372 g/mol. The Morgan fingerprint density at radius 1 is 1.17 bits per heavy atom. The maximum Gasteiger partial charge on any atom is 0.226 e. The van der Waals surface area contributed by atoms with Gasteiger partial charge in [0.05, 0.1) is 21.3 Å². The van der Waals surface area contributed by atoms with Crippen LogP contribution < -0.4 is 19.5 Å². The molecule has 0 saturated heterocycles. The number of benzene rings is 1. The summed E-state index contributed by atoms with van der Waals surface area (Å²) in [6.45, 7) is 0. The number of aromatic nitrogens is 2. The van der Waals surface area contributed by atoms with Crippen LogP contribution in [-0.2, 0) is 4.79 Å². The van der Waals surface area contributed by atoms with Crippen LogP contribution in [0.3, 0.4) is 0 Å². The number of rotatable bonds is 8. The number of ether oxygens (including phenoxy) is 3. The third-order valence-corrected chi connectivity index (χ3v) is 4.28. The van der Waals surface area contributed by atoms with Gasteiger partial charge in [-0.15, -0.1) is 21.8 Å². The molecule has 0 saturated carbocycles. The van der Waals surface area contributed by atoms with Gasteiger partial charge in [0.1, 0.15) is 5.01 Å². The lowest BCUT2D eigenvalue weighted by molar-refractivity contribution is -0.116. The first-order chi connectivity index (χ1) is 11.6. The molecule has 1 heterocycles. The molecule has 0 spiro atoms. The number of carbonyl (C=O) groups is 1. The maximum atomic E-state index is 11.7. The molecule has 1 aromatic heterocycles. The van der Waals surface area contributed by atoms with Crippen molar-refractivity contribution < 1.29 is 19.0 Å². The van der Waals surface area contributed by atoms with E-state index >= 15 is 0 Å². The Morgan fingerprint density at radius 2 is 1.83 bits per heavy atom. The molecule has 0 aliphatic carbocycles. The Morgan fingerprint density at radius 3 is 2.38 bits per heavy atom. The van der Waals surface area contributed by atoms with Crippen molar-refractivity contribution in [2.45, 2.75) is 12.8 Å². The minimum absolute atomic E-state index is 0.136. The molecule has 1 amide bonds. The van der Waals surface area contributed by atoms with E-state index in [0.29, 0.717) is 46.1 Å². The van der Waals surface area contributed by atoms with Crippen molar-refractivity contribution in [1.82, 2.24) is 10.2 Å². The molecule has 0 radical (unpaired) electrons. The topological polar surface area (TPSA) is 82.6 Å². The molecule has 2 aromatic rings. The third kappa shape index (κ3) is 4.27. The first-order valence-corrected chi connectivity index (χ1v) is 8.47. The molecule has 9 heteroatoms. The average Bonchev–Trinajstić information content (AvgIpc) is 3.06. The minimum Gasteiger partial charge on any atom is -0.493 e. The predicted octanol–water partition coefficient (Wildman–Crippen LogP) is 3.19. The molecule has 0 fully saturated rings. The van der Waals surface area contributed by atoms with Gasteiger partial charge in [0, 0.05) is 17.9 Å². The number of carbonyl (C=O) groups excluding carboxylic acids is 1. The van der Waals surface area contributed by atoms with Gasteiger partial charge < -0.3 is 19.5 Å². The van der Waals surface area contributed by atoms with Crippen LogP contribution in [0.5, 0.6) is 17.2 Å². The predicted molar refractivity (Wildman–Crippen MR) is 93.6 cm³/mol. The molecular weight excluding hydrogens is 354 g/mol. The fourth-order valence-corrected chi connectivity index (χ4v) is 2.88. The van der Waals surface area contributed by atoms with E-state index in [1.54, 1.807) is 33.5 Å². The van der Waals surface area contributed by atoms with Gasteiger partial charge in [0.25, 0.3) is 0 Å². The smallest absolute Gasteiger partial charge is 0.226 e. The summed E-state index contributed by atoms with van der Waals surface area (Å²) in [5.74, 6) is 1.86. The molecule has 2 rings (SSSR count). The summed E-state index contributed by atoms with van der Waals surface area (Å²) in [4.78, 5) is 11.7. The van der Waals surface area contributed by atoms with Gasteiger partial charge in [0.2, 0.25) is 16.8 Å². The molecular formula is C15H18ClN3O4S. The van der Waals surface area contributed by atoms with Gasteiger partial charge in [-0.05, 0) is 18.6 Å². The normalized spacial score (nSPS) is 10.3. The van der Waals surface area contributed by atoms with Crippen LogP contribution in [-0.4, -0.2) is 43.3 Å². The van der Waals surface area contributed by atoms with Crippen LogP contribution in [0.1, 0.15) is 12.8 Å². The number of hydrogen-bond acceptors (Lipinski definition) is 7. The van der Waals surface area contributed by atoms with Gasteiger partial charge in [-0.3, -0.25) is 4.79 Å². The summed E-state index contributed by atoms with van der Waals surface area (Å²) in [5.41, 5.74) is 0.753. The highest BCUT2D eigenvalue weighted by atomic mass is 35.5. The van der Waals surface area contributed by atoms with Gasteiger partial charge in [-0.1, -0.05) is 11.3 Å². The Kier molecular flexibility index (Phi) is 6.62. The number of hydrogen-bond donors (Lipinski definition) is 1. The van der Waals surface area contributed by atoms with Crippen LogP contribution in [0.4, 0.5) is 5.13 Å². The largest absolute Gasteiger partial charge is 0.493 e. The van der Waals surface area contributed by atoms with Crippen LogP contribution in [0, 0.1) is 0 Å². The second-order valence-corrected chi connectivity index (χ2v) is 6.02. The highest BCUT2D eigenvalue weighted by Gasteiger charge is 2.17. The van der Waals surface area contributed by atoms with Crippen molar-refractivity contribution >= 4 is 34.0 Å². The summed E-state index contributed by atoms with van der Waals surface area (Å²) in [5, 5.41) is 11.8. The fourth-order valence-electron chi connectivity index (χ4n) is 2.00. The number of alkyl halides is 1. The molecule has 1 aromatic carbocycles. The van der Waals surface area contributed by atoms with Crippen molar-refractivity contribution in [2.24, 2.45) is 0 Å². The number of nitrogens with one attached hydrogen (secondary N) is 1. The van der Waals surface area contributed by atoms with E-state index < -0.39 is 0 Å². The maximum absolute atomic E-state index is 11.7. The molecule has 0 aliphatic rings. The number of halogens is 1. The lowest BCUT2D eigenvalue weighted by atomic mass is 10.2. The highest BCUT2D eigenvalue weighted by molar-refractivity contribution is 7.18. The molecule has 0 aliphatic heterocycles. The van der Waals surface area contributed by atoms with E-state index in [4.69, 9.17) is 25.8 Å². The first kappa shape index (κ1) is 18.3. The van der Waals surface area contributed by atoms with Crippen LogP contribution in [0.15, 0.2) is 12.1 Å². The number of anilines is 1. The summed E-state index contributed by atoms with van der Waals surface area (Å²) in [7, 11) is 4.63. The molecule has 0 unspecified atom stereocenters. The lowest BCUT2D eigenvalue weighted by Gasteiger charge is -2.13. The molecule has 0 atom stereocenters. The molecule has 0 bridgehead atoms. The zero-order valence-corrected chi connectivity index (χ0v) is 15.2. The van der Waals surface area contributed by atoms with Crippen molar-refractivity contribution in [3.8, 4) is 27.8 Å². The van der Waals surface area contributed by atoms with E-state index in [-0.39, 0.29) is 5.91 Å². The van der Waals surface area contributed by atoms with Gasteiger partial charge in [-0.2, -0.15) is 0 Å². The second-order valence-electron chi connectivity index (χ2n) is 4.67. The standard InChI is InChI=1S/C15H18ClN3O4S/c1-21-10-7-9(8-11(22-2)13(10)23-3)14-18-19-15(24-14)17-12(20)5-4-6-16/h7-8H,4-6H2,1-3H3,(H,17,19,20). The van der Waals surface area contributed by atoms with Crippen LogP contribution in [0.2, 0.25) is 0 Å². The zero-order chi connectivity index (χ0) is 17.5. The van der Waals surface area contributed by atoms with Crippen molar-refractivity contribution in [3.63, 3.8) is 0 Å². The molecule has 1 N–H and O–H groups in total. The Hall–Kier alpha value is -2.06. The van der Waals surface area contributed by atoms with Crippen molar-refractivity contribution in [1.29, 1.82) is 0 Å². The van der Waals surface area contributed by atoms with Crippen molar-refractivity contribution in [3.05, 3.63) is 12.1 Å². The zero-order valence-electron chi connectivity index (χ0n) is 13.6. The SMILES string of the molecule is COc1cc(-c2nnc(NC(=O)CCCCl)s2)cc(OC)c1OC. The summed E-state index contributed by atoms with van der Waals surface area (Å²) >= 11 is 6.84. The van der Waals surface area contributed by atoms with Gasteiger partial charge >= 0.3 is 0 Å². The Balaban J connectivity index is 2.24. The van der Waals surface area contributed by atoms with Crippen LogP contribution in [0.25, 0.3) is 10.6 Å². The first-order valence-electron chi connectivity index (χ1n) is 7.12. The fraction of sp³-hybridized carbons (Fsp3) is 0.400. The van der Waals surface area contributed by atoms with E-state index in [0.717, 1.165) is 5.56 Å². The third-order valence-electron chi connectivity index (χ3n) is 3.12. The Labute approximate surface area is 148 Å². The van der Waals surface area contributed by atoms with E-state index in [1.807, 2.05) is 0 Å². The highest BCUT2D eigenvalue weighted by Crippen LogP contribution is 2.42. The minimum atomic E-state index is -0.136. The lowest BCUT2D eigenvalue weighted by Crippen LogP contribution is -2.10. The van der Waals surface area contributed by atoms with Gasteiger partial charge in [0.15, 0.2) is 11.5 Å². The summed E-state index contributed by atoms with van der Waals surface area (Å²) in [6, 6.07) is 3.56. The second kappa shape index (κ2) is 8.70. The summed E-state index contributed by atoms with van der Waals surface area (Å²) in [6.07, 6.45) is 0.967. The molecule has 24 heavy (non-hydrogen) atoms. The number of amides is 1. The van der Waals surface area contributed by atoms with E-state index in [9.17, 15) is 4.79 Å². The van der Waals surface area contributed by atoms with Crippen LogP contribution >= 0.6 is 22.9 Å². The van der Waals surface area contributed by atoms with E-state index in [1.165, 1.54) is 11.3 Å². The number of methoxy groups -OCH3 is 3. The Bertz CT molecular complexity index is 683. The number of nitrogens with zero attached hydrogens (tertiary/aromatic N) is 2. The quantitative estimate of drug-likeness (QED) is 0.717. The van der Waals surface area contributed by atoms with Gasteiger partial charge in [-0.25, -0.2) is 0 Å². The molecule has 130 valence electrons. The monoisotopic (exact) mass is 371 g/mol. The van der Waals surface area contributed by atoms with E-state index in [2.05, 4.69) is 15.5 Å².